The number of nitrogens with one attached hydrogen (secondary N) is 1. The van der Waals surface area contributed by atoms with Gasteiger partial charge in [0.15, 0.2) is 0 Å². The Balaban J connectivity index is 1.50. The molecule has 4 rings (SSSR count). The molecule has 34 heavy (non-hydrogen) atoms. The Morgan fingerprint density at radius 1 is 1.18 bits per heavy atom. The predicted octanol–water partition coefficient (Wildman–Crippen LogP) is 0.731. The standard InChI is InChI=1S/C22H20B2ClF2N3O4/c23-21(8-7-17(31)28-19(21)33)29-11-13-9-12(1-6-16(13)18(29)32)10-30(24)20(34)22(26,27)14-2-4-15(25)5-3-14/h1-6,9H,7-8,10-11,23-24H2,(H,28,31,33). The van der Waals surface area contributed by atoms with Crippen LogP contribution in [0.15, 0.2) is 42.5 Å². The summed E-state index contributed by atoms with van der Waals surface area (Å²) < 4.78 is 29.4. The normalized spacial score (nSPS) is 20.2. The van der Waals surface area contributed by atoms with Crippen LogP contribution in [0.2, 0.25) is 5.02 Å². The number of carbonyl (C=O) groups excluding carboxylic acids is 4. The molecule has 174 valence electrons. The van der Waals surface area contributed by atoms with Crippen molar-refractivity contribution in [3.8, 4) is 0 Å². The first-order valence-electron chi connectivity index (χ1n) is 10.6. The number of imide groups is 1. The van der Waals surface area contributed by atoms with Gasteiger partial charge in [-0.15, -0.1) is 0 Å². The maximum Gasteiger partial charge on any atom is 0.348 e. The molecule has 2 aromatic carbocycles. The second-order valence-corrected chi connectivity index (χ2v) is 9.21. The highest BCUT2D eigenvalue weighted by molar-refractivity contribution is 6.32. The number of piperidine rings is 1. The molecule has 2 aliphatic rings. The van der Waals surface area contributed by atoms with Gasteiger partial charge in [0.2, 0.25) is 19.8 Å². The van der Waals surface area contributed by atoms with Crippen LogP contribution in [0.5, 0.6) is 0 Å². The third-order valence-electron chi connectivity index (χ3n) is 6.39. The summed E-state index contributed by atoms with van der Waals surface area (Å²) in [6, 6.07) is 9.65. The van der Waals surface area contributed by atoms with Gasteiger partial charge in [0.1, 0.15) is 7.85 Å². The van der Waals surface area contributed by atoms with Crippen LogP contribution >= 0.6 is 11.6 Å². The summed E-state index contributed by atoms with van der Waals surface area (Å²) in [5, 5.41) is 2.57. The number of halogens is 3. The van der Waals surface area contributed by atoms with Crippen LogP contribution in [0.3, 0.4) is 0 Å². The van der Waals surface area contributed by atoms with E-state index in [0.717, 1.165) is 16.9 Å². The summed E-state index contributed by atoms with van der Waals surface area (Å²) in [5.74, 6) is -6.35. The van der Waals surface area contributed by atoms with Gasteiger partial charge in [0, 0.05) is 35.7 Å². The summed E-state index contributed by atoms with van der Waals surface area (Å²) >= 11 is 5.75. The monoisotopic (exact) mass is 485 g/mol. The Labute approximate surface area is 201 Å². The van der Waals surface area contributed by atoms with E-state index in [2.05, 4.69) is 5.32 Å². The molecule has 0 aliphatic carbocycles. The molecule has 1 fully saturated rings. The highest BCUT2D eigenvalue weighted by Gasteiger charge is 2.48. The van der Waals surface area contributed by atoms with Crippen LogP contribution in [0, 0.1) is 0 Å². The van der Waals surface area contributed by atoms with Crippen LogP contribution in [-0.4, -0.2) is 54.6 Å². The van der Waals surface area contributed by atoms with E-state index >= 15 is 0 Å². The van der Waals surface area contributed by atoms with Gasteiger partial charge in [-0.05, 0) is 35.7 Å². The predicted molar refractivity (Wildman–Crippen MR) is 124 cm³/mol. The number of nitrogens with zero attached hydrogens (tertiary/aromatic N) is 2. The molecule has 0 radical (unpaired) electrons. The number of hydrogen-bond acceptors (Lipinski definition) is 4. The number of hydrogen-bond donors (Lipinski definition) is 1. The number of amides is 4. The second kappa shape index (κ2) is 8.54. The van der Waals surface area contributed by atoms with Crippen molar-refractivity contribution in [2.75, 3.05) is 0 Å². The zero-order valence-corrected chi connectivity index (χ0v) is 19.3. The van der Waals surface area contributed by atoms with E-state index in [1.807, 2.05) is 0 Å². The molecule has 1 atom stereocenters. The molecular formula is C22H20B2ClF2N3O4. The Bertz CT molecular complexity index is 1210. The maximum atomic E-state index is 14.7. The first kappa shape index (κ1) is 23.9. The van der Waals surface area contributed by atoms with Crippen molar-refractivity contribution in [2.24, 2.45) is 0 Å². The lowest BCUT2D eigenvalue weighted by Gasteiger charge is -2.39. The zero-order chi connectivity index (χ0) is 24.8. The smallest absolute Gasteiger partial charge is 0.348 e. The minimum atomic E-state index is -3.73. The molecular weight excluding hydrogens is 465 g/mol. The topological polar surface area (TPSA) is 86.8 Å². The summed E-state index contributed by atoms with van der Waals surface area (Å²) in [4.78, 5) is 51.8. The Morgan fingerprint density at radius 2 is 1.85 bits per heavy atom. The van der Waals surface area contributed by atoms with Crippen molar-refractivity contribution in [2.45, 2.75) is 37.3 Å². The van der Waals surface area contributed by atoms with E-state index in [0.29, 0.717) is 16.7 Å². The highest BCUT2D eigenvalue weighted by atomic mass is 35.5. The van der Waals surface area contributed by atoms with Crippen molar-refractivity contribution < 1.29 is 28.0 Å². The first-order valence-corrected chi connectivity index (χ1v) is 11.0. The van der Waals surface area contributed by atoms with E-state index in [1.165, 1.54) is 25.0 Å². The van der Waals surface area contributed by atoms with Gasteiger partial charge in [-0.25, -0.2) is 0 Å². The molecule has 1 unspecified atom stereocenters. The lowest BCUT2D eigenvalue weighted by atomic mass is 9.70. The van der Waals surface area contributed by atoms with Crippen molar-refractivity contribution >= 4 is 51.1 Å². The fourth-order valence-electron chi connectivity index (χ4n) is 4.29. The highest BCUT2D eigenvalue weighted by Crippen LogP contribution is 2.34. The third kappa shape index (κ3) is 4.09. The number of carbonyl (C=O) groups is 4. The molecule has 1 saturated heterocycles. The lowest BCUT2D eigenvalue weighted by Crippen LogP contribution is -2.63. The average Bonchev–Trinajstić information content (AvgIpc) is 3.12. The minimum absolute atomic E-state index is 0.101. The number of rotatable bonds is 5. The average molecular weight is 485 g/mol. The number of alkyl halides is 2. The fourth-order valence-corrected chi connectivity index (χ4v) is 4.42. The van der Waals surface area contributed by atoms with E-state index in [-0.39, 0.29) is 42.8 Å². The molecule has 0 saturated carbocycles. The van der Waals surface area contributed by atoms with E-state index in [9.17, 15) is 28.0 Å². The Hall–Kier alpha value is -3.20. The summed E-state index contributed by atoms with van der Waals surface area (Å²) in [5.41, 5.74) is -0.0442. The van der Waals surface area contributed by atoms with Crippen LogP contribution in [0.25, 0.3) is 0 Å². The zero-order valence-electron chi connectivity index (χ0n) is 18.5. The largest absolute Gasteiger partial charge is 0.384 e. The molecule has 2 aliphatic heterocycles. The maximum absolute atomic E-state index is 14.7. The van der Waals surface area contributed by atoms with Gasteiger partial charge in [-0.1, -0.05) is 35.9 Å². The molecule has 0 aromatic heterocycles. The van der Waals surface area contributed by atoms with Crippen LogP contribution < -0.4 is 5.32 Å². The Kier molecular flexibility index (Phi) is 6.01. The van der Waals surface area contributed by atoms with E-state index in [4.69, 9.17) is 11.6 Å². The van der Waals surface area contributed by atoms with Gasteiger partial charge in [0.25, 0.3) is 11.8 Å². The van der Waals surface area contributed by atoms with Gasteiger partial charge < -0.3 is 9.71 Å². The molecule has 4 amide bonds. The quantitative estimate of drug-likeness (QED) is 0.500. The SMILES string of the molecule is BN(Cc1ccc2c(c1)CN(C1(B)CCC(=O)NC1=O)C2=O)C(=O)C(F)(F)c1ccc(Cl)cc1. The molecule has 12 heteroatoms. The lowest BCUT2D eigenvalue weighted by molar-refractivity contribution is -0.154. The van der Waals surface area contributed by atoms with Gasteiger partial charge in [-0.2, -0.15) is 8.78 Å². The van der Waals surface area contributed by atoms with Crippen molar-refractivity contribution in [3.63, 3.8) is 0 Å². The minimum Gasteiger partial charge on any atom is -0.384 e. The molecule has 0 bridgehead atoms. The molecule has 7 nitrogen and oxygen atoms in total. The van der Waals surface area contributed by atoms with E-state index in [1.54, 1.807) is 26.0 Å². The first-order chi connectivity index (χ1) is 15.9. The molecule has 0 spiro atoms. The van der Waals surface area contributed by atoms with Gasteiger partial charge in [0.05, 0.1) is 5.44 Å². The van der Waals surface area contributed by atoms with Crippen molar-refractivity contribution in [3.05, 3.63) is 69.7 Å². The third-order valence-corrected chi connectivity index (χ3v) is 6.64. The molecule has 2 aromatic rings. The van der Waals surface area contributed by atoms with Crippen molar-refractivity contribution in [1.29, 1.82) is 0 Å². The van der Waals surface area contributed by atoms with Crippen LogP contribution in [0.4, 0.5) is 8.78 Å². The van der Waals surface area contributed by atoms with Crippen LogP contribution in [-0.2, 0) is 33.4 Å². The number of benzene rings is 2. The fraction of sp³-hybridized carbons (Fsp3) is 0.273. The molecule has 2 heterocycles. The van der Waals surface area contributed by atoms with Crippen molar-refractivity contribution in [1.82, 2.24) is 15.0 Å². The Morgan fingerprint density at radius 3 is 2.50 bits per heavy atom. The van der Waals surface area contributed by atoms with E-state index < -0.39 is 28.7 Å². The summed E-state index contributed by atoms with van der Waals surface area (Å²) in [6.45, 7) is 0.0362. The summed E-state index contributed by atoms with van der Waals surface area (Å²) in [6.07, 6.45) is 0.337. The van der Waals surface area contributed by atoms with Crippen LogP contribution in [0.1, 0.15) is 39.9 Å². The van der Waals surface area contributed by atoms with Gasteiger partial charge >= 0.3 is 5.92 Å². The van der Waals surface area contributed by atoms with Gasteiger partial charge in [-0.3, -0.25) is 24.5 Å². The number of fused-ring (bicyclic) bond motifs is 1. The molecule has 1 N–H and O–H groups in total. The second-order valence-electron chi connectivity index (χ2n) is 8.78. The summed E-state index contributed by atoms with van der Waals surface area (Å²) in [7, 11) is 2.89.